The van der Waals surface area contributed by atoms with Crippen LogP contribution in [0.4, 0.5) is 10.1 Å². The molecule has 1 aromatic carbocycles. The number of nitrogens with zero attached hydrogens (tertiary/aromatic N) is 4. The number of pyridine rings is 1. The molecule has 4 heterocycles. The molecule has 0 bridgehead atoms. The third kappa shape index (κ3) is 4.92. The van der Waals surface area contributed by atoms with Crippen molar-refractivity contribution >= 4 is 34.8 Å². The van der Waals surface area contributed by atoms with Crippen molar-refractivity contribution < 1.29 is 18.7 Å². The molecule has 1 aromatic heterocycles. The van der Waals surface area contributed by atoms with Gasteiger partial charge in [0.25, 0.3) is 0 Å². The molecule has 8 heteroatoms. The van der Waals surface area contributed by atoms with E-state index in [1.165, 1.54) is 0 Å². The maximum absolute atomic E-state index is 13.4. The van der Waals surface area contributed by atoms with Crippen molar-refractivity contribution in [2.24, 2.45) is 4.99 Å². The molecule has 1 spiro atoms. The van der Waals surface area contributed by atoms with Crippen LogP contribution in [0, 0.1) is 0 Å². The molecule has 5 rings (SSSR count). The highest BCUT2D eigenvalue weighted by molar-refractivity contribution is 6.12. The van der Waals surface area contributed by atoms with Gasteiger partial charge in [0, 0.05) is 56.9 Å². The Balaban J connectivity index is 1.35. The van der Waals surface area contributed by atoms with Gasteiger partial charge in [-0.2, -0.15) is 0 Å². The number of alkyl halides is 1. The predicted molar refractivity (Wildman–Crippen MR) is 145 cm³/mol. The summed E-state index contributed by atoms with van der Waals surface area (Å²) >= 11 is 0. The number of halogens is 1. The minimum atomic E-state index is -0.699. The fourth-order valence-electron chi connectivity index (χ4n) is 5.80. The lowest BCUT2D eigenvalue weighted by molar-refractivity contribution is -0.126. The van der Waals surface area contributed by atoms with E-state index in [0.717, 1.165) is 52.8 Å². The molecule has 196 valence electrons. The standard InChI is InChI=1S/C29H35FN4O3/c1-20(5-8-26(31-2)37-14-4-12-34-13-9-22(30)19-34)21-6-7-24-23(17-21)27-25(18-32-24)33(3)28(35)29(27)10-15-36-16-11-29/h5-8,17-18,22H,2,4,9-16,19H2,1,3H3/b20-5+,26-8+/t22-/m0/s1. The van der Waals surface area contributed by atoms with Gasteiger partial charge in [0.1, 0.15) is 6.17 Å². The molecule has 1 amide bonds. The summed E-state index contributed by atoms with van der Waals surface area (Å²) in [5, 5.41) is 1.02. The first-order chi connectivity index (χ1) is 17.9. The van der Waals surface area contributed by atoms with Crippen LogP contribution in [0.25, 0.3) is 16.5 Å². The number of ether oxygens (including phenoxy) is 2. The Hall–Kier alpha value is -3.10. The molecule has 2 saturated heterocycles. The number of carbonyl (C=O) groups excluding carboxylic acids is 1. The average Bonchev–Trinajstić information content (AvgIpc) is 3.43. The van der Waals surface area contributed by atoms with Gasteiger partial charge in [0.05, 0.1) is 29.4 Å². The van der Waals surface area contributed by atoms with Crippen molar-refractivity contribution in [2.45, 2.75) is 44.2 Å². The van der Waals surface area contributed by atoms with Gasteiger partial charge >= 0.3 is 0 Å². The minimum absolute atomic E-state index is 0.133. The summed E-state index contributed by atoms with van der Waals surface area (Å²) in [7, 11) is 1.84. The Morgan fingerprint density at radius 2 is 2.16 bits per heavy atom. The minimum Gasteiger partial charge on any atom is -0.478 e. The Kier molecular flexibility index (Phi) is 7.40. The highest BCUT2D eigenvalue weighted by atomic mass is 19.1. The maximum Gasteiger partial charge on any atom is 0.237 e. The first kappa shape index (κ1) is 25.5. The molecule has 2 aromatic rings. The fourth-order valence-corrected chi connectivity index (χ4v) is 5.80. The normalized spacial score (nSPS) is 22.2. The number of aromatic nitrogens is 1. The van der Waals surface area contributed by atoms with Gasteiger partial charge in [-0.15, -0.1) is 0 Å². The zero-order chi connectivity index (χ0) is 26.0. The lowest BCUT2D eigenvalue weighted by atomic mass is 9.74. The van der Waals surface area contributed by atoms with Crippen LogP contribution in [-0.4, -0.2) is 75.2 Å². The largest absolute Gasteiger partial charge is 0.478 e. The summed E-state index contributed by atoms with van der Waals surface area (Å²) in [6.45, 7) is 9.50. The Labute approximate surface area is 217 Å². The molecule has 3 aliphatic rings. The Morgan fingerprint density at radius 1 is 1.35 bits per heavy atom. The number of aliphatic imine (C=N–C) groups is 1. The van der Waals surface area contributed by atoms with Crippen LogP contribution in [0.3, 0.4) is 0 Å². The Bertz CT molecular complexity index is 1250. The summed E-state index contributed by atoms with van der Waals surface area (Å²) in [5.74, 6) is 0.592. The smallest absolute Gasteiger partial charge is 0.237 e. The van der Waals surface area contributed by atoms with E-state index in [4.69, 9.17) is 9.47 Å². The van der Waals surface area contributed by atoms with Gasteiger partial charge in [-0.1, -0.05) is 12.1 Å². The Morgan fingerprint density at radius 3 is 2.89 bits per heavy atom. The molecule has 1 atom stereocenters. The van der Waals surface area contributed by atoms with Crippen molar-refractivity contribution in [3.05, 3.63) is 53.6 Å². The van der Waals surface area contributed by atoms with Gasteiger partial charge in [0.15, 0.2) is 0 Å². The predicted octanol–water partition coefficient (Wildman–Crippen LogP) is 4.66. The molecule has 0 radical (unpaired) electrons. The van der Waals surface area contributed by atoms with E-state index in [-0.39, 0.29) is 5.91 Å². The van der Waals surface area contributed by atoms with Crippen LogP contribution >= 0.6 is 0 Å². The van der Waals surface area contributed by atoms with Crippen LogP contribution in [0.2, 0.25) is 0 Å². The molecule has 3 aliphatic heterocycles. The van der Waals surface area contributed by atoms with Gasteiger partial charge in [-0.05, 0) is 62.6 Å². The summed E-state index contributed by atoms with van der Waals surface area (Å²) in [6, 6.07) is 6.21. The quantitative estimate of drug-likeness (QED) is 0.226. The zero-order valence-electron chi connectivity index (χ0n) is 21.7. The fraction of sp³-hybridized carbons (Fsp3) is 0.483. The topological polar surface area (TPSA) is 67.3 Å². The van der Waals surface area contributed by atoms with Crippen LogP contribution in [0.15, 0.2) is 47.4 Å². The molecule has 0 N–H and O–H groups in total. The SMILES string of the molecule is C=N/C(=C\C=C(/C)c1ccc2ncc3c(c2c1)C1(CCOCC1)C(=O)N3C)OCCCN1CC[C@H](F)C1. The molecule has 37 heavy (non-hydrogen) atoms. The van der Waals surface area contributed by atoms with Gasteiger partial charge in [-0.3, -0.25) is 9.78 Å². The van der Waals surface area contributed by atoms with Crippen LogP contribution in [-0.2, 0) is 19.7 Å². The maximum atomic E-state index is 13.4. The third-order valence-corrected chi connectivity index (χ3v) is 7.92. The number of fused-ring (bicyclic) bond motifs is 4. The summed E-state index contributed by atoms with van der Waals surface area (Å²) in [6.07, 6.45) is 7.72. The van der Waals surface area contributed by atoms with Gasteiger partial charge in [-0.25, -0.2) is 9.38 Å². The van der Waals surface area contributed by atoms with Crippen LogP contribution < -0.4 is 4.90 Å². The molecule has 0 saturated carbocycles. The van der Waals surface area contributed by atoms with Crippen LogP contribution in [0.5, 0.6) is 0 Å². The number of anilines is 1. The summed E-state index contributed by atoms with van der Waals surface area (Å²) in [4.78, 5) is 25.9. The molecule has 7 nitrogen and oxygen atoms in total. The number of benzene rings is 1. The second-order valence-corrected chi connectivity index (χ2v) is 10.2. The molecule has 2 fully saturated rings. The molecule has 0 unspecified atom stereocenters. The first-order valence-electron chi connectivity index (χ1n) is 13.1. The van der Waals surface area contributed by atoms with E-state index in [0.29, 0.717) is 51.5 Å². The average molecular weight is 507 g/mol. The number of carbonyl (C=O) groups is 1. The lowest BCUT2D eigenvalue weighted by Crippen LogP contribution is -2.43. The summed E-state index contributed by atoms with van der Waals surface area (Å²) < 4.78 is 24.7. The van der Waals surface area contributed by atoms with E-state index in [9.17, 15) is 9.18 Å². The monoisotopic (exact) mass is 506 g/mol. The highest BCUT2D eigenvalue weighted by Gasteiger charge is 2.51. The molecule has 0 aliphatic carbocycles. The number of hydrogen-bond acceptors (Lipinski definition) is 6. The van der Waals surface area contributed by atoms with Crippen molar-refractivity contribution in [3.8, 4) is 0 Å². The van der Waals surface area contributed by atoms with E-state index >= 15 is 0 Å². The lowest BCUT2D eigenvalue weighted by Gasteiger charge is -2.32. The van der Waals surface area contributed by atoms with E-state index in [2.05, 4.69) is 33.7 Å². The highest BCUT2D eigenvalue weighted by Crippen LogP contribution is 2.49. The van der Waals surface area contributed by atoms with Crippen molar-refractivity contribution in [3.63, 3.8) is 0 Å². The van der Waals surface area contributed by atoms with E-state index in [1.54, 1.807) is 4.90 Å². The van der Waals surface area contributed by atoms with Crippen molar-refractivity contribution in [1.82, 2.24) is 9.88 Å². The van der Waals surface area contributed by atoms with Gasteiger partial charge in [0.2, 0.25) is 11.8 Å². The molecular weight excluding hydrogens is 471 g/mol. The second-order valence-electron chi connectivity index (χ2n) is 10.2. The molecular formula is C29H35FN4O3. The number of rotatable bonds is 8. The van der Waals surface area contributed by atoms with Crippen molar-refractivity contribution in [2.75, 3.05) is 51.4 Å². The first-order valence-corrected chi connectivity index (χ1v) is 13.1. The van der Waals surface area contributed by atoms with Crippen LogP contribution in [0.1, 0.15) is 43.7 Å². The number of hydrogen-bond donors (Lipinski definition) is 0. The van der Waals surface area contributed by atoms with Crippen molar-refractivity contribution in [1.29, 1.82) is 0 Å². The third-order valence-electron chi connectivity index (χ3n) is 7.92. The van der Waals surface area contributed by atoms with E-state index in [1.807, 2.05) is 38.4 Å². The number of allylic oxidation sites excluding steroid dienone is 3. The van der Waals surface area contributed by atoms with E-state index < -0.39 is 11.6 Å². The second kappa shape index (κ2) is 10.7. The zero-order valence-corrected chi connectivity index (χ0v) is 21.7. The number of likely N-dealkylation sites (tertiary alicyclic amines) is 1. The number of amides is 1. The number of likely N-dealkylation sites (N-methyl/N-ethyl adjacent to an activating group) is 1. The summed E-state index contributed by atoms with van der Waals surface area (Å²) in [5.41, 5.74) is 4.38. The van der Waals surface area contributed by atoms with Gasteiger partial charge < -0.3 is 19.3 Å².